The molecule has 2 amide bonds. The molecule has 0 saturated carbocycles. The van der Waals surface area contributed by atoms with Gasteiger partial charge in [-0.15, -0.1) is 0 Å². The monoisotopic (exact) mass is 395 g/mol. The van der Waals surface area contributed by atoms with Gasteiger partial charge in [0, 0.05) is 18.8 Å². The lowest BCUT2D eigenvalue weighted by molar-refractivity contribution is -0.137. The summed E-state index contributed by atoms with van der Waals surface area (Å²) >= 11 is 0.978. The van der Waals surface area contributed by atoms with Crippen LogP contribution in [0.3, 0.4) is 0 Å². The van der Waals surface area contributed by atoms with Crippen LogP contribution in [-0.2, 0) is 16.0 Å². The number of nitrogens with one attached hydrogen (secondary N) is 1. The number of rotatable bonds is 7. The maximum Gasteiger partial charge on any atom is 0.287 e. The molecule has 0 fully saturated rings. The SMILES string of the molecule is Cc1nsc(C(=O)NC(Cc2ccccc2)C(=O)C(N)=O)c1-c1ncccn1. The van der Waals surface area contributed by atoms with Gasteiger partial charge in [-0.2, -0.15) is 4.37 Å². The number of nitrogens with zero attached hydrogens (tertiary/aromatic N) is 3. The van der Waals surface area contributed by atoms with Crippen molar-refractivity contribution < 1.29 is 14.4 Å². The molecule has 0 radical (unpaired) electrons. The zero-order chi connectivity index (χ0) is 20.1. The number of Topliss-reactive ketones (excluding diaryl/α,β-unsaturated/α-hetero) is 1. The van der Waals surface area contributed by atoms with Crippen molar-refractivity contribution in [1.29, 1.82) is 0 Å². The Labute approximate surface area is 165 Å². The van der Waals surface area contributed by atoms with E-state index in [-0.39, 0.29) is 11.3 Å². The van der Waals surface area contributed by atoms with Crippen molar-refractivity contribution in [3.8, 4) is 11.4 Å². The number of aryl methyl sites for hydroxylation is 1. The van der Waals surface area contributed by atoms with Gasteiger partial charge in [-0.25, -0.2) is 9.97 Å². The maximum absolute atomic E-state index is 12.9. The van der Waals surface area contributed by atoms with E-state index in [9.17, 15) is 14.4 Å². The lowest BCUT2D eigenvalue weighted by Crippen LogP contribution is -2.47. The van der Waals surface area contributed by atoms with Crippen LogP contribution >= 0.6 is 11.5 Å². The number of aromatic nitrogens is 3. The minimum absolute atomic E-state index is 0.142. The Morgan fingerprint density at radius 2 is 1.79 bits per heavy atom. The van der Waals surface area contributed by atoms with Crippen molar-refractivity contribution in [3.63, 3.8) is 0 Å². The van der Waals surface area contributed by atoms with E-state index < -0.39 is 23.6 Å². The number of benzene rings is 1. The molecule has 3 N–H and O–H groups in total. The first-order valence-electron chi connectivity index (χ1n) is 8.39. The number of ketones is 1. The molecule has 8 nitrogen and oxygen atoms in total. The van der Waals surface area contributed by atoms with Gasteiger partial charge in [0.1, 0.15) is 10.9 Å². The van der Waals surface area contributed by atoms with Crippen LogP contribution in [0.1, 0.15) is 20.9 Å². The fraction of sp³-hybridized carbons (Fsp3) is 0.158. The number of nitrogens with two attached hydrogens (primary N) is 1. The van der Waals surface area contributed by atoms with Gasteiger partial charge < -0.3 is 11.1 Å². The zero-order valence-electron chi connectivity index (χ0n) is 15.0. The van der Waals surface area contributed by atoms with E-state index in [0.717, 1.165) is 17.1 Å². The fourth-order valence-electron chi connectivity index (χ4n) is 2.67. The first kappa shape index (κ1) is 19.3. The van der Waals surface area contributed by atoms with E-state index in [0.29, 0.717) is 17.1 Å². The lowest BCUT2D eigenvalue weighted by atomic mass is 10.0. The molecular weight excluding hydrogens is 378 g/mol. The Morgan fingerprint density at radius 3 is 2.43 bits per heavy atom. The number of carbonyl (C=O) groups is 3. The van der Waals surface area contributed by atoms with Gasteiger partial charge in [-0.1, -0.05) is 30.3 Å². The summed E-state index contributed by atoms with van der Waals surface area (Å²) in [7, 11) is 0. The van der Waals surface area contributed by atoms with Gasteiger partial charge in [0.2, 0.25) is 5.78 Å². The topological polar surface area (TPSA) is 128 Å². The van der Waals surface area contributed by atoms with E-state index >= 15 is 0 Å². The fourth-order valence-corrected chi connectivity index (χ4v) is 3.46. The number of hydrogen-bond donors (Lipinski definition) is 2. The van der Waals surface area contributed by atoms with Crippen LogP contribution in [0.4, 0.5) is 0 Å². The van der Waals surface area contributed by atoms with Crippen LogP contribution in [0.25, 0.3) is 11.4 Å². The van der Waals surface area contributed by atoms with Crippen LogP contribution in [-0.4, -0.2) is 38.0 Å². The lowest BCUT2D eigenvalue weighted by Gasteiger charge is -2.16. The zero-order valence-corrected chi connectivity index (χ0v) is 15.8. The molecule has 0 saturated heterocycles. The third-order valence-electron chi connectivity index (χ3n) is 4.01. The molecule has 1 atom stereocenters. The largest absolute Gasteiger partial charge is 0.363 e. The summed E-state index contributed by atoms with van der Waals surface area (Å²) in [6.07, 6.45) is 3.27. The molecular formula is C19H17N5O3S. The Bertz CT molecular complexity index is 1000. The number of amides is 2. The second-order valence-electron chi connectivity index (χ2n) is 5.99. The van der Waals surface area contributed by atoms with Crippen LogP contribution in [0.2, 0.25) is 0 Å². The predicted molar refractivity (Wildman–Crippen MR) is 103 cm³/mol. The van der Waals surface area contributed by atoms with Crippen LogP contribution < -0.4 is 11.1 Å². The third kappa shape index (κ3) is 4.26. The molecule has 0 bridgehead atoms. The molecule has 0 aliphatic heterocycles. The summed E-state index contributed by atoms with van der Waals surface area (Å²) < 4.78 is 4.21. The maximum atomic E-state index is 12.9. The summed E-state index contributed by atoms with van der Waals surface area (Å²) in [5.74, 6) is -2.15. The first-order valence-corrected chi connectivity index (χ1v) is 9.16. The molecule has 142 valence electrons. The molecule has 3 aromatic rings. The van der Waals surface area contributed by atoms with Crippen molar-refractivity contribution in [2.75, 3.05) is 0 Å². The first-order chi connectivity index (χ1) is 13.5. The van der Waals surface area contributed by atoms with Crippen molar-refractivity contribution in [2.24, 2.45) is 5.73 Å². The van der Waals surface area contributed by atoms with Gasteiger partial charge in [-0.05, 0) is 30.1 Å². The van der Waals surface area contributed by atoms with E-state index in [1.807, 2.05) is 6.07 Å². The highest BCUT2D eigenvalue weighted by atomic mass is 32.1. The predicted octanol–water partition coefficient (Wildman–Crippen LogP) is 1.30. The minimum Gasteiger partial charge on any atom is -0.363 e. The van der Waals surface area contributed by atoms with Gasteiger partial charge >= 0.3 is 0 Å². The minimum atomic E-state index is -1.10. The van der Waals surface area contributed by atoms with E-state index in [1.54, 1.807) is 49.6 Å². The Balaban J connectivity index is 1.89. The van der Waals surface area contributed by atoms with E-state index in [2.05, 4.69) is 19.7 Å². The quantitative estimate of drug-likeness (QED) is 0.581. The molecule has 0 aliphatic carbocycles. The highest BCUT2D eigenvalue weighted by Crippen LogP contribution is 2.27. The summed E-state index contributed by atoms with van der Waals surface area (Å²) in [6.45, 7) is 1.75. The van der Waals surface area contributed by atoms with Crippen LogP contribution in [0.15, 0.2) is 48.8 Å². The van der Waals surface area contributed by atoms with Gasteiger partial charge in [0.25, 0.3) is 11.8 Å². The Kier molecular flexibility index (Phi) is 5.85. The van der Waals surface area contributed by atoms with Crippen LogP contribution in [0.5, 0.6) is 0 Å². The number of primary amides is 1. The van der Waals surface area contributed by atoms with Crippen molar-refractivity contribution in [3.05, 3.63) is 64.9 Å². The smallest absolute Gasteiger partial charge is 0.287 e. The second-order valence-corrected chi connectivity index (χ2v) is 6.76. The third-order valence-corrected chi connectivity index (χ3v) is 4.94. The molecule has 3 rings (SSSR count). The van der Waals surface area contributed by atoms with Crippen LogP contribution in [0, 0.1) is 6.92 Å². The van der Waals surface area contributed by atoms with Crippen molar-refractivity contribution in [2.45, 2.75) is 19.4 Å². The molecule has 28 heavy (non-hydrogen) atoms. The normalized spacial score (nSPS) is 11.6. The molecule has 1 unspecified atom stereocenters. The van der Waals surface area contributed by atoms with Gasteiger partial charge in [0.15, 0.2) is 5.82 Å². The van der Waals surface area contributed by atoms with E-state index in [4.69, 9.17) is 5.73 Å². The molecule has 2 aromatic heterocycles. The highest BCUT2D eigenvalue weighted by Gasteiger charge is 2.28. The highest BCUT2D eigenvalue weighted by molar-refractivity contribution is 7.08. The number of hydrogen-bond acceptors (Lipinski definition) is 7. The molecule has 0 aliphatic rings. The average Bonchev–Trinajstić information content (AvgIpc) is 3.09. The molecule has 0 spiro atoms. The number of carbonyl (C=O) groups excluding carboxylic acids is 3. The molecule has 9 heteroatoms. The molecule has 2 heterocycles. The van der Waals surface area contributed by atoms with Gasteiger partial charge in [0.05, 0.1) is 11.3 Å². The Morgan fingerprint density at radius 1 is 1.11 bits per heavy atom. The van der Waals surface area contributed by atoms with Gasteiger partial charge in [-0.3, -0.25) is 14.4 Å². The standard InChI is InChI=1S/C19H17N5O3S/c1-11-14(18-21-8-5-9-22-18)16(28-24-11)19(27)23-13(15(25)17(20)26)10-12-6-3-2-4-7-12/h2-9,13H,10H2,1H3,(H2,20,26)(H,23,27). The van der Waals surface area contributed by atoms with E-state index in [1.165, 1.54) is 0 Å². The van der Waals surface area contributed by atoms with Crippen molar-refractivity contribution >= 4 is 29.1 Å². The summed E-state index contributed by atoms with van der Waals surface area (Å²) in [6, 6.07) is 9.63. The summed E-state index contributed by atoms with van der Waals surface area (Å²) in [4.78, 5) is 45.2. The average molecular weight is 395 g/mol. The second kappa shape index (κ2) is 8.49. The Hall–Kier alpha value is -3.46. The summed E-state index contributed by atoms with van der Waals surface area (Å²) in [5.41, 5.74) is 7.04. The van der Waals surface area contributed by atoms with Crippen molar-refractivity contribution in [1.82, 2.24) is 19.7 Å². The summed E-state index contributed by atoms with van der Waals surface area (Å²) in [5, 5.41) is 2.61. The molecule has 1 aromatic carbocycles.